The maximum Gasteiger partial charge on any atom is 1.00 e. The van der Waals surface area contributed by atoms with Crippen LogP contribution < -0.4 is 34.7 Å². The minimum Gasteiger partial charge on any atom is -0.550 e. The molecule has 4 rings (SSSR count). The van der Waals surface area contributed by atoms with Crippen LogP contribution in [0.1, 0.15) is 78.6 Å². The summed E-state index contributed by atoms with van der Waals surface area (Å²) in [6.45, 7) is 6.49. The predicted molar refractivity (Wildman–Crippen MR) is 106 cm³/mol. The van der Waals surface area contributed by atoms with Crippen LogP contribution in [0.5, 0.6) is 0 Å². The summed E-state index contributed by atoms with van der Waals surface area (Å²) >= 11 is 0. The molecular weight excluding hydrogens is 391 g/mol. The zero-order chi connectivity index (χ0) is 21.1. The van der Waals surface area contributed by atoms with Crippen molar-refractivity contribution in [2.24, 2.45) is 46.3 Å². The van der Waals surface area contributed by atoms with Gasteiger partial charge in [-0.1, -0.05) is 20.8 Å². The van der Waals surface area contributed by atoms with Crippen molar-refractivity contribution in [1.82, 2.24) is 0 Å². The summed E-state index contributed by atoms with van der Waals surface area (Å²) in [5, 5.41) is 32.3. The van der Waals surface area contributed by atoms with Gasteiger partial charge in [-0.15, -0.1) is 0 Å². The molecule has 0 aromatic carbocycles. The van der Waals surface area contributed by atoms with Gasteiger partial charge in [0.15, 0.2) is 0 Å². The van der Waals surface area contributed by atoms with Gasteiger partial charge in [0.2, 0.25) is 0 Å². The van der Waals surface area contributed by atoms with Crippen molar-refractivity contribution in [3.05, 3.63) is 0 Å². The molecule has 4 aliphatic carbocycles. The maximum atomic E-state index is 13.6. The standard InChI is InChI=1S/C24H38O5.Na/c1-13(4-7-21(28)29)16-5-6-17-22-18(12-20(27)24(16,17)3)23(2)9-8-15(25)10-14(23)11-19(22)26;/h13-19,22,25-26H,4-12H2,1-3H3,(H,28,29);/q;+1/p-1/t13-,14?,15?,16-,17+,18+,19?,22+,23+,24-;/m1./s1. The summed E-state index contributed by atoms with van der Waals surface area (Å²) in [5.41, 5.74) is -0.427. The van der Waals surface area contributed by atoms with Crippen molar-refractivity contribution < 1.29 is 54.5 Å². The molecule has 4 saturated carbocycles. The number of carbonyl (C=O) groups excluding carboxylic acids is 2. The number of carboxylic acids is 1. The van der Waals surface area contributed by atoms with Crippen molar-refractivity contribution >= 4 is 11.8 Å². The van der Waals surface area contributed by atoms with Crippen molar-refractivity contribution in [1.29, 1.82) is 0 Å². The fraction of sp³-hybridized carbons (Fsp3) is 0.917. The van der Waals surface area contributed by atoms with Crippen LogP contribution in [0.25, 0.3) is 0 Å². The summed E-state index contributed by atoms with van der Waals surface area (Å²) in [5.74, 6) is 0.477. The largest absolute Gasteiger partial charge is 1.00 e. The van der Waals surface area contributed by atoms with Crippen LogP contribution in [-0.2, 0) is 9.59 Å². The second-order valence-electron chi connectivity index (χ2n) is 11.2. The van der Waals surface area contributed by atoms with Gasteiger partial charge in [0.25, 0.3) is 0 Å². The van der Waals surface area contributed by atoms with Crippen molar-refractivity contribution in [2.45, 2.75) is 90.8 Å². The Hall–Kier alpha value is 0.0600. The molecule has 3 unspecified atom stereocenters. The van der Waals surface area contributed by atoms with Crippen LogP contribution in [0.2, 0.25) is 0 Å². The van der Waals surface area contributed by atoms with Crippen LogP contribution in [0, 0.1) is 46.3 Å². The van der Waals surface area contributed by atoms with Crippen LogP contribution in [0.15, 0.2) is 0 Å². The van der Waals surface area contributed by atoms with E-state index in [2.05, 4.69) is 20.8 Å². The number of aliphatic hydroxyl groups is 2. The van der Waals surface area contributed by atoms with Crippen molar-refractivity contribution in [2.75, 3.05) is 0 Å². The third-order valence-corrected chi connectivity index (χ3v) is 10.1. The third kappa shape index (κ3) is 3.75. The number of aliphatic carboxylic acids is 1. The van der Waals surface area contributed by atoms with Crippen LogP contribution in [0.3, 0.4) is 0 Å². The van der Waals surface area contributed by atoms with E-state index in [0.717, 1.165) is 38.5 Å². The Kier molecular flexibility index (Phi) is 7.23. The maximum absolute atomic E-state index is 13.6. The number of ketones is 1. The van der Waals surface area contributed by atoms with E-state index < -0.39 is 17.5 Å². The first-order valence-corrected chi connectivity index (χ1v) is 11.7. The number of aliphatic hydroxyl groups excluding tert-OH is 2. The minimum absolute atomic E-state index is 0. The van der Waals surface area contributed by atoms with Gasteiger partial charge in [-0.25, -0.2) is 0 Å². The molecule has 0 aromatic rings. The zero-order valence-electron chi connectivity index (χ0n) is 19.1. The number of fused-ring (bicyclic) bond motifs is 5. The average molecular weight is 429 g/mol. The first kappa shape index (κ1) is 24.7. The van der Waals surface area contributed by atoms with E-state index in [9.17, 15) is 24.9 Å². The molecule has 6 heteroatoms. The van der Waals surface area contributed by atoms with E-state index in [1.54, 1.807) is 0 Å². The Labute approximate surface area is 202 Å². The molecule has 4 aliphatic rings. The first-order chi connectivity index (χ1) is 13.6. The van der Waals surface area contributed by atoms with Gasteiger partial charge in [-0.3, -0.25) is 4.79 Å². The smallest absolute Gasteiger partial charge is 0.550 e. The molecular formula is C24H37NaO5. The van der Waals surface area contributed by atoms with Gasteiger partial charge in [0.1, 0.15) is 5.78 Å². The molecule has 0 heterocycles. The summed E-state index contributed by atoms with van der Waals surface area (Å²) in [6.07, 6.45) is 5.55. The number of rotatable bonds is 4. The van der Waals surface area contributed by atoms with E-state index in [0.29, 0.717) is 24.5 Å². The predicted octanol–water partition coefficient (Wildman–Crippen LogP) is -0.674. The Balaban J connectivity index is 0.00000256. The first-order valence-electron chi connectivity index (χ1n) is 11.7. The summed E-state index contributed by atoms with van der Waals surface area (Å²) in [7, 11) is 0. The molecule has 30 heavy (non-hydrogen) atoms. The van der Waals surface area contributed by atoms with E-state index in [1.807, 2.05) is 0 Å². The molecule has 0 aromatic heterocycles. The average Bonchev–Trinajstić information content (AvgIpc) is 3.01. The molecule has 0 radical (unpaired) electrons. The number of carboxylic acid groups (broad SMARTS) is 1. The molecule has 164 valence electrons. The van der Waals surface area contributed by atoms with E-state index in [-0.39, 0.29) is 77.1 Å². The van der Waals surface area contributed by atoms with Gasteiger partial charge < -0.3 is 20.1 Å². The molecule has 4 fully saturated rings. The Morgan fingerprint density at radius 3 is 2.53 bits per heavy atom. The molecule has 0 amide bonds. The number of hydrogen-bond acceptors (Lipinski definition) is 5. The van der Waals surface area contributed by atoms with Crippen LogP contribution >= 0.6 is 0 Å². The topological polar surface area (TPSA) is 97.7 Å². The second-order valence-corrected chi connectivity index (χ2v) is 11.2. The van der Waals surface area contributed by atoms with E-state index in [4.69, 9.17) is 0 Å². The summed E-state index contributed by atoms with van der Waals surface area (Å²) in [4.78, 5) is 24.6. The fourth-order valence-electron chi connectivity index (χ4n) is 8.41. The van der Waals surface area contributed by atoms with E-state index >= 15 is 0 Å². The van der Waals surface area contributed by atoms with Gasteiger partial charge in [-0.2, -0.15) is 0 Å². The minimum atomic E-state index is -1.02. The second kappa shape index (κ2) is 8.78. The van der Waals surface area contributed by atoms with Crippen LogP contribution in [0.4, 0.5) is 0 Å². The van der Waals surface area contributed by atoms with Gasteiger partial charge in [-0.05, 0) is 92.3 Å². The van der Waals surface area contributed by atoms with Crippen LogP contribution in [-0.4, -0.2) is 34.2 Å². The van der Waals surface area contributed by atoms with E-state index in [1.165, 1.54) is 0 Å². The van der Waals surface area contributed by atoms with Gasteiger partial charge >= 0.3 is 29.6 Å². The Bertz CT molecular complexity index is 683. The molecule has 0 bridgehead atoms. The van der Waals surface area contributed by atoms with Crippen molar-refractivity contribution in [3.63, 3.8) is 0 Å². The third-order valence-electron chi connectivity index (χ3n) is 10.1. The van der Waals surface area contributed by atoms with Gasteiger partial charge in [0, 0.05) is 17.8 Å². The number of carbonyl (C=O) groups is 2. The molecule has 0 saturated heterocycles. The normalized spacial score (nSPS) is 48.7. The molecule has 5 nitrogen and oxygen atoms in total. The Morgan fingerprint density at radius 1 is 1.17 bits per heavy atom. The molecule has 0 aliphatic heterocycles. The zero-order valence-corrected chi connectivity index (χ0v) is 21.1. The number of hydrogen-bond donors (Lipinski definition) is 2. The molecule has 2 N–H and O–H groups in total. The van der Waals surface area contributed by atoms with Crippen molar-refractivity contribution in [3.8, 4) is 0 Å². The SMILES string of the molecule is C[C@H](CCC(=O)[O-])[C@H]1CC[C@H]2[C@@H]3C(O)CC4CC(O)CC[C@]4(C)[C@H]3CC(=O)[C@]12C.[Na+]. The monoisotopic (exact) mass is 428 g/mol. The molecule has 10 atom stereocenters. The Morgan fingerprint density at radius 2 is 1.87 bits per heavy atom. The summed E-state index contributed by atoms with van der Waals surface area (Å²) in [6, 6.07) is 0. The fourth-order valence-corrected chi connectivity index (χ4v) is 8.41. The quantitative estimate of drug-likeness (QED) is 0.579. The molecule has 0 spiro atoms. The van der Waals surface area contributed by atoms with Gasteiger partial charge in [0.05, 0.1) is 12.2 Å². The summed E-state index contributed by atoms with van der Waals surface area (Å²) < 4.78 is 0. The number of Topliss-reactive ketones (excluding diaryl/α,β-unsaturated/α-hetero) is 1.